The van der Waals surface area contributed by atoms with Crippen LogP contribution in [-0.2, 0) is 9.53 Å². The van der Waals surface area contributed by atoms with Crippen LogP contribution in [0.1, 0.15) is 33.6 Å². The van der Waals surface area contributed by atoms with Crippen molar-refractivity contribution >= 4 is 5.97 Å². The van der Waals surface area contributed by atoms with E-state index < -0.39 is 0 Å². The van der Waals surface area contributed by atoms with E-state index in [1.807, 2.05) is 6.92 Å². The van der Waals surface area contributed by atoms with Crippen LogP contribution in [0.3, 0.4) is 0 Å². The highest BCUT2D eigenvalue weighted by Crippen LogP contribution is 2.27. The number of ether oxygens (including phenoxy) is 1. The Balaban J connectivity index is 2.57. The Morgan fingerprint density at radius 1 is 1.56 bits per heavy atom. The summed E-state index contributed by atoms with van der Waals surface area (Å²) in [6.45, 7) is 9.08. The van der Waals surface area contributed by atoms with Crippen molar-refractivity contribution in [1.82, 2.24) is 10.2 Å². The molecule has 1 saturated heterocycles. The summed E-state index contributed by atoms with van der Waals surface area (Å²) in [6.07, 6.45) is 2.42. The highest BCUT2D eigenvalue weighted by Gasteiger charge is 2.34. The molecule has 1 heterocycles. The van der Waals surface area contributed by atoms with Gasteiger partial charge >= 0.3 is 5.97 Å². The second-order valence-corrected chi connectivity index (χ2v) is 5.00. The van der Waals surface area contributed by atoms with Gasteiger partial charge in [-0.3, -0.25) is 9.69 Å². The molecule has 0 saturated carbocycles. The number of carbonyl (C=O) groups excluding carboxylic acids is 1. The van der Waals surface area contributed by atoms with E-state index in [0.29, 0.717) is 0 Å². The molecule has 0 aliphatic carbocycles. The Hall–Kier alpha value is -0.610. The Kier molecular flexibility index (Phi) is 4.74. The van der Waals surface area contributed by atoms with Gasteiger partial charge in [-0.25, -0.2) is 0 Å². The minimum atomic E-state index is -0.202. The van der Waals surface area contributed by atoms with Crippen LogP contribution in [0.25, 0.3) is 0 Å². The first-order valence-corrected chi connectivity index (χ1v) is 6.07. The van der Waals surface area contributed by atoms with E-state index in [1.165, 1.54) is 20.0 Å². The van der Waals surface area contributed by atoms with E-state index in [0.717, 1.165) is 19.6 Å². The lowest BCUT2D eigenvalue weighted by atomic mass is 10.0. The molecule has 94 valence electrons. The predicted octanol–water partition coefficient (Wildman–Crippen LogP) is 1.01. The first-order chi connectivity index (χ1) is 7.51. The summed E-state index contributed by atoms with van der Waals surface area (Å²) in [6, 6.07) is -0.202. The van der Waals surface area contributed by atoms with Gasteiger partial charge in [-0.1, -0.05) is 6.92 Å². The monoisotopic (exact) mass is 228 g/mol. The van der Waals surface area contributed by atoms with E-state index in [1.54, 1.807) is 0 Å². The summed E-state index contributed by atoms with van der Waals surface area (Å²) in [5.74, 6) is -0.162. The van der Waals surface area contributed by atoms with Crippen molar-refractivity contribution in [2.45, 2.75) is 45.2 Å². The third-order valence-corrected chi connectivity index (χ3v) is 3.41. The molecule has 0 bridgehead atoms. The number of likely N-dealkylation sites (N-methyl/N-ethyl adjacent to an activating group) is 1. The normalized spacial score (nSPS) is 22.0. The van der Waals surface area contributed by atoms with Gasteiger partial charge in [0.1, 0.15) is 6.04 Å². The first kappa shape index (κ1) is 13.5. The number of hydrogen-bond acceptors (Lipinski definition) is 4. The zero-order chi connectivity index (χ0) is 12.2. The Bertz CT molecular complexity index is 241. The molecule has 0 aromatic rings. The minimum absolute atomic E-state index is 0.162. The molecule has 0 spiro atoms. The number of nitrogens with one attached hydrogen (secondary N) is 1. The zero-order valence-electron chi connectivity index (χ0n) is 10.9. The molecule has 0 amide bonds. The third-order valence-electron chi connectivity index (χ3n) is 3.41. The van der Waals surface area contributed by atoms with Gasteiger partial charge in [0.15, 0.2) is 0 Å². The van der Waals surface area contributed by atoms with Crippen molar-refractivity contribution in [3.8, 4) is 0 Å². The second kappa shape index (κ2) is 5.64. The maximum absolute atomic E-state index is 11.6. The molecule has 1 rings (SSSR count). The van der Waals surface area contributed by atoms with E-state index in [4.69, 9.17) is 4.74 Å². The van der Waals surface area contributed by atoms with Crippen molar-refractivity contribution in [1.29, 1.82) is 0 Å². The van der Waals surface area contributed by atoms with Crippen molar-refractivity contribution in [3.05, 3.63) is 0 Å². The highest BCUT2D eigenvalue weighted by molar-refractivity contribution is 5.75. The number of carbonyl (C=O) groups is 1. The predicted molar refractivity (Wildman–Crippen MR) is 64.4 cm³/mol. The molecule has 0 radical (unpaired) electrons. The summed E-state index contributed by atoms with van der Waals surface area (Å²) in [5.41, 5.74) is 0.210. The Morgan fingerprint density at radius 3 is 2.69 bits per heavy atom. The second-order valence-electron chi connectivity index (χ2n) is 5.00. The molecule has 4 nitrogen and oxygen atoms in total. The number of rotatable bonds is 5. The molecule has 4 heteroatoms. The number of nitrogens with zero attached hydrogens (tertiary/aromatic N) is 1. The molecule has 1 unspecified atom stereocenters. The van der Waals surface area contributed by atoms with Gasteiger partial charge in [-0.05, 0) is 39.8 Å². The third kappa shape index (κ3) is 3.19. The summed E-state index contributed by atoms with van der Waals surface area (Å²) >= 11 is 0. The summed E-state index contributed by atoms with van der Waals surface area (Å²) in [7, 11) is 1.45. The topological polar surface area (TPSA) is 41.6 Å². The van der Waals surface area contributed by atoms with E-state index >= 15 is 0 Å². The van der Waals surface area contributed by atoms with Gasteiger partial charge in [0.05, 0.1) is 7.11 Å². The molecule has 1 aliphatic heterocycles. The lowest BCUT2D eigenvalue weighted by molar-refractivity contribution is -0.143. The summed E-state index contributed by atoms with van der Waals surface area (Å²) in [4.78, 5) is 14.0. The smallest absolute Gasteiger partial charge is 0.324 e. The fourth-order valence-corrected chi connectivity index (χ4v) is 2.33. The Morgan fingerprint density at radius 2 is 2.25 bits per heavy atom. The molecule has 0 aromatic carbocycles. The maximum Gasteiger partial charge on any atom is 0.324 e. The number of methoxy groups -OCH3 is 1. The first-order valence-electron chi connectivity index (χ1n) is 6.07. The van der Waals surface area contributed by atoms with Crippen LogP contribution >= 0.6 is 0 Å². The fourth-order valence-electron chi connectivity index (χ4n) is 2.33. The van der Waals surface area contributed by atoms with Crippen molar-refractivity contribution in [3.63, 3.8) is 0 Å². The molecule has 1 aliphatic rings. The minimum Gasteiger partial charge on any atom is -0.468 e. The van der Waals surface area contributed by atoms with Gasteiger partial charge in [0.2, 0.25) is 0 Å². The number of hydrogen-bond donors (Lipinski definition) is 1. The van der Waals surface area contributed by atoms with Crippen molar-refractivity contribution in [2.24, 2.45) is 0 Å². The SMILES string of the molecule is CCNC(CN1CCCC1(C)C)C(=O)OC. The standard InChI is InChI=1S/C12H24N2O2/c1-5-13-10(11(15)16-4)9-14-8-6-7-12(14,2)3/h10,13H,5-9H2,1-4H3. The largest absolute Gasteiger partial charge is 0.468 e. The van der Waals surface area contributed by atoms with Crippen LogP contribution in [-0.4, -0.2) is 49.2 Å². The van der Waals surface area contributed by atoms with Gasteiger partial charge in [0.25, 0.3) is 0 Å². The molecular weight excluding hydrogens is 204 g/mol. The van der Waals surface area contributed by atoms with Crippen LogP contribution in [0.5, 0.6) is 0 Å². The van der Waals surface area contributed by atoms with E-state index in [9.17, 15) is 4.79 Å². The van der Waals surface area contributed by atoms with Crippen LogP contribution < -0.4 is 5.32 Å². The van der Waals surface area contributed by atoms with Gasteiger partial charge in [-0.2, -0.15) is 0 Å². The lowest BCUT2D eigenvalue weighted by Gasteiger charge is -2.33. The lowest BCUT2D eigenvalue weighted by Crippen LogP contribution is -2.50. The highest BCUT2D eigenvalue weighted by atomic mass is 16.5. The van der Waals surface area contributed by atoms with E-state index in [-0.39, 0.29) is 17.6 Å². The van der Waals surface area contributed by atoms with Crippen LogP contribution in [0.2, 0.25) is 0 Å². The average Bonchev–Trinajstić information content (AvgIpc) is 2.56. The summed E-state index contributed by atoms with van der Waals surface area (Å²) in [5, 5.41) is 3.18. The molecule has 1 atom stereocenters. The Labute approximate surface area is 98.3 Å². The maximum atomic E-state index is 11.6. The number of esters is 1. The van der Waals surface area contributed by atoms with Gasteiger partial charge in [0, 0.05) is 12.1 Å². The quantitative estimate of drug-likeness (QED) is 0.713. The number of likely N-dealkylation sites (tertiary alicyclic amines) is 1. The molecular formula is C12H24N2O2. The molecule has 1 fully saturated rings. The summed E-state index contributed by atoms with van der Waals surface area (Å²) < 4.78 is 4.82. The average molecular weight is 228 g/mol. The van der Waals surface area contributed by atoms with E-state index in [2.05, 4.69) is 24.1 Å². The zero-order valence-corrected chi connectivity index (χ0v) is 10.9. The van der Waals surface area contributed by atoms with Gasteiger partial charge < -0.3 is 10.1 Å². The molecule has 1 N–H and O–H groups in total. The van der Waals surface area contributed by atoms with Crippen LogP contribution in [0.4, 0.5) is 0 Å². The molecule has 16 heavy (non-hydrogen) atoms. The van der Waals surface area contributed by atoms with Crippen molar-refractivity contribution < 1.29 is 9.53 Å². The van der Waals surface area contributed by atoms with Crippen molar-refractivity contribution in [2.75, 3.05) is 26.7 Å². The fraction of sp³-hybridized carbons (Fsp3) is 0.917. The van der Waals surface area contributed by atoms with Crippen LogP contribution in [0.15, 0.2) is 0 Å². The van der Waals surface area contributed by atoms with Gasteiger partial charge in [-0.15, -0.1) is 0 Å². The van der Waals surface area contributed by atoms with Crippen LogP contribution in [0, 0.1) is 0 Å². The molecule has 0 aromatic heterocycles.